The summed E-state index contributed by atoms with van der Waals surface area (Å²) in [4.78, 5) is 13.9. The molecule has 0 bridgehead atoms. The van der Waals surface area contributed by atoms with Crippen LogP contribution in [0.25, 0.3) is 0 Å². The summed E-state index contributed by atoms with van der Waals surface area (Å²) in [5, 5.41) is 0. The van der Waals surface area contributed by atoms with Gasteiger partial charge in [-0.1, -0.05) is 18.2 Å². The van der Waals surface area contributed by atoms with Crippen LogP contribution in [-0.4, -0.2) is 23.9 Å². The number of hydrogen-bond donors (Lipinski definition) is 1. The standard InChI is InChI=1S/C13H18N2O/c1-4-9-15(5-2)13(16)12-10(3)7-6-8-11(12)14/h4,6-8H,1,5,9,14H2,2-3H3. The van der Waals surface area contributed by atoms with E-state index in [1.54, 1.807) is 17.0 Å². The molecule has 0 aromatic heterocycles. The number of likely N-dealkylation sites (N-methyl/N-ethyl adjacent to an activating group) is 1. The van der Waals surface area contributed by atoms with E-state index in [0.717, 1.165) is 5.56 Å². The third-order valence-electron chi connectivity index (χ3n) is 2.54. The van der Waals surface area contributed by atoms with Crippen molar-refractivity contribution in [2.24, 2.45) is 0 Å². The zero-order valence-corrected chi connectivity index (χ0v) is 9.86. The molecule has 3 nitrogen and oxygen atoms in total. The number of nitrogen functional groups attached to an aromatic ring is 1. The Hall–Kier alpha value is -1.77. The van der Waals surface area contributed by atoms with Crippen LogP contribution in [0, 0.1) is 6.92 Å². The number of amides is 1. The summed E-state index contributed by atoms with van der Waals surface area (Å²) in [6, 6.07) is 5.50. The lowest BCUT2D eigenvalue weighted by atomic mass is 10.1. The van der Waals surface area contributed by atoms with Crippen LogP contribution in [0.4, 0.5) is 5.69 Å². The fourth-order valence-corrected chi connectivity index (χ4v) is 1.65. The van der Waals surface area contributed by atoms with Crippen LogP contribution in [0.3, 0.4) is 0 Å². The normalized spacial score (nSPS) is 9.88. The molecule has 16 heavy (non-hydrogen) atoms. The summed E-state index contributed by atoms with van der Waals surface area (Å²) in [5.41, 5.74) is 7.89. The number of anilines is 1. The van der Waals surface area contributed by atoms with Gasteiger partial charge in [0.15, 0.2) is 0 Å². The molecule has 3 heteroatoms. The molecule has 1 rings (SSSR count). The fraction of sp³-hybridized carbons (Fsp3) is 0.308. The van der Waals surface area contributed by atoms with Gasteiger partial charge >= 0.3 is 0 Å². The van der Waals surface area contributed by atoms with Crippen molar-refractivity contribution in [3.05, 3.63) is 42.0 Å². The van der Waals surface area contributed by atoms with E-state index in [1.165, 1.54) is 0 Å². The molecule has 0 radical (unpaired) electrons. The largest absolute Gasteiger partial charge is 0.398 e. The van der Waals surface area contributed by atoms with Gasteiger partial charge in [0.1, 0.15) is 0 Å². The highest BCUT2D eigenvalue weighted by atomic mass is 16.2. The van der Waals surface area contributed by atoms with E-state index in [9.17, 15) is 4.79 Å². The predicted octanol–water partition coefficient (Wildman–Crippen LogP) is 2.23. The quantitative estimate of drug-likeness (QED) is 0.622. The number of rotatable bonds is 4. The highest BCUT2D eigenvalue weighted by Gasteiger charge is 2.17. The molecule has 1 aromatic rings. The Morgan fingerprint density at radius 2 is 2.25 bits per heavy atom. The van der Waals surface area contributed by atoms with Crippen molar-refractivity contribution in [1.29, 1.82) is 0 Å². The van der Waals surface area contributed by atoms with E-state index in [2.05, 4.69) is 6.58 Å². The molecule has 86 valence electrons. The van der Waals surface area contributed by atoms with Crippen LogP contribution in [0.1, 0.15) is 22.8 Å². The lowest BCUT2D eigenvalue weighted by molar-refractivity contribution is 0.0782. The Balaban J connectivity index is 3.07. The fourth-order valence-electron chi connectivity index (χ4n) is 1.65. The van der Waals surface area contributed by atoms with E-state index in [-0.39, 0.29) is 5.91 Å². The van der Waals surface area contributed by atoms with Crippen LogP contribution in [-0.2, 0) is 0 Å². The number of nitrogens with zero attached hydrogens (tertiary/aromatic N) is 1. The number of carbonyl (C=O) groups is 1. The van der Waals surface area contributed by atoms with Crippen LogP contribution in [0.5, 0.6) is 0 Å². The maximum absolute atomic E-state index is 12.2. The summed E-state index contributed by atoms with van der Waals surface area (Å²) >= 11 is 0. The van der Waals surface area contributed by atoms with Crippen molar-refractivity contribution in [2.75, 3.05) is 18.8 Å². The van der Waals surface area contributed by atoms with Crippen molar-refractivity contribution in [2.45, 2.75) is 13.8 Å². The average Bonchev–Trinajstić information content (AvgIpc) is 2.25. The monoisotopic (exact) mass is 218 g/mol. The Morgan fingerprint density at radius 3 is 2.75 bits per heavy atom. The first kappa shape index (κ1) is 12.3. The molecule has 0 atom stereocenters. The van der Waals surface area contributed by atoms with Crippen LogP contribution < -0.4 is 5.73 Å². The Kier molecular flexibility index (Phi) is 4.11. The number of benzene rings is 1. The van der Waals surface area contributed by atoms with Crippen molar-refractivity contribution in [3.8, 4) is 0 Å². The van der Waals surface area contributed by atoms with Crippen molar-refractivity contribution >= 4 is 11.6 Å². The Morgan fingerprint density at radius 1 is 1.56 bits per heavy atom. The molecule has 0 heterocycles. The topological polar surface area (TPSA) is 46.3 Å². The summed E-state index contributed by atoms with van der Waals surface area (Å²) < 4.78 is 0. The molecule has 0 saturated carbocycles. The first-order chi connectivity index (χ1) is 7.61. The maximum atomic E-state index is 12.2. The summed E-state index contributed by atoms with van der Waals surface area (Å²) in [7, 11) is 0. The second-order valence-corrected chi connectivity index (χ2v) is 3.67. The van der Waals surface area contributed by atoms with Gasteiger partial charge in [-0.25, -0.2) is 0 Å². The highest BCUT2D eigenvalue weighted by Crippen LogP contribution is 2.18. The molecule has 0 saturated heterocycles. The summed E-state index contributed by atoms with van der Waals surface area (Å²) in [5.74, 6) is -0.0296. The molecule has 0 fully saturated rings. The Labute approximate surface area is 96.6 Å². The third-order valence-corrected chi connectivity index (χ3v) is 2.54. The number of carbonyl (C=O) groups excluding carboxylic acids is 1. The molecular weight excluding hydrogens is 200 g/mol. The van der Waals surface area contributed by atoms with Gasteiger partial charge in [-0.2, -0.15) is 0 Å². The summed E-state index contributed by atoms with van der Waals surface area (Å²) in [6.07, 6.45) is 1.72. The lowest BCUT2D eigenvalue weighted by Crippen LogP contribution is -2.32. The Bertz CT molecular complexity index is 379. The number of hydrogen-bond acceptors (Lipinski definition) is 2. The smallest absolute Gasteiger partial charge is 0.256 e. The second kappa shape index (κ2) is 5.35. The van der Waals surface area contributed by atoms with Gasteiger partial charge in [-0.15, -0.1) is 6.58 Å². The minimum Gasteiger partial charge on any atom is -0.398 e. The van der Waals surface area contributed by atoms with Gasteiger partial charge in [-0.3, -0.25) is 4.79 Å². The van der Waals surface area contributed by atoms with Crippen molar-refractivity contribution < 1.29 is 4.79 Å². The lowest BCUT2D eigenvalue weighted by Gasteiger charge is -2.21. The van der Waals surface area contributed by atoms with E-state index in [0.29, 0.717) is 24.3 Å². The van der Waals surface area contributed by atoms with Gasteiger partial charge < -0.3 is 10.6 Å². The molecule has 1 aromatic carbocycles. The molecule has 0 aliphatic carbocycles. The van der Waals surface area contributed by atoms with Crippen LogP contribution >= 0.6 is 0 Å². The van der Waals surface area contributed by atoms with Gasteiger partial charge in [0.05, 0.1) is 5.56 Å². The average molecular weight is 218 g/mol. The highest BCUT2D eigenvalue weighted by molar-refractivity contribution is 6.00. The number of nitrogens with two attached hydrogens (primary N) is 1. The van der Waals surface area contributed by atoms with Gasteiger partial charge in [-0.05, 0) is 25.5 Å². The molecule has 0 unspecified atom stereocenters. The zero-order valence-electron chi connectivity index (χ0n) is 9.86. The molecule has 1 amide bonds. The first-order valence-electron chi connectivity index (χ1n) is 5.37. The van der Waals surface area contributed by atoms with Crippen LogP contribution in [0.2, 0.25) is 0 Å². The molecule has 2 N–H and O–H groups in total. The maximum Gasteiger partial charge on any atom is 0.256 e. The van der Waals surface area contributed by atoms with E-state index >= 15 is 0 Å². The molecule has 0 aliphatic heterocycles. The van der Waals surface area contributed by atoms with E-state index in [1.807, 2.05) is 26.0 Å². The van der Waals surface area contributed by atoms with Gasteiger partial charge in [0.25, 0.3) is 5.91 Å². The van der Waals surface area contributed by atoms with E-state index < -0.39 is 0 Å². The second-order valence-electron chi connectivity index (χ2n) is 3.67. The minimum absolute atomic E-state index is 0.0296. The van der Waals surface area contributed by atoms with Crippen molar-refractivity contribution in [3.63, 3.8) is 0 Å². The zero-order chi connectivity index (χ0) is 12.1. The summed E-state index contributed by atoms with van der Waals surface area (Å²) in [6.45, 7) is 8.67. The third kappa shape index (κ3) is 2.42. The van der Waals surface area contributed by atoms with Crippen molar-refractivity contribution in [1.82, 2.24) is 4.90 Å². The SMILES string of the molecule is C=CCN(CC)C(=O)c1c(C)cccc1N. The minimum atomic E-state index is -0.0296. The van der Waals surface area contributed by atoms with E-state index in [4.69, 9.17) is 5.73 Å². The van der Waals surface area contributed by atoms with Crippen LogP contribution in [0.15, 0.2) is 30.9 Å². The molecular formula is C13H18N2O. The molecule has 0 spiro atoms. The van der Waals surface area contributed by atoms with Gasteiger partial charge in [0.2, 0.25) is 0 Å². The van der Waals surface area contributed by atoms with Gasteiger partial charge in [0, 0.05) is 18.8 Å². The predicted molar refractivity (Wildman–Crippen MR) is 67.4 cm³/mol. The number of aryl methyl sites for hydroxylation is 1. The molecule has 0 aliphatic rings. The first-order valence-corrected chi connectivity index (χ1v) is 5.37.